The van der Waals surface area contributed by atoms with Gasteiger partial charge < -0.3 is 25.0 Å². The molecule has 1 aromatic heterocycles. The summed E-state index contributed by atoms with van der Waals surface area (Å²) in [5.74, 6) is 2.20. The topological polar surface area (TPSA) is 88.6 Å². The number of nitrogens with zero attached hydrogens (tertiary/aromatic N) is 3. The van der Waals surface area contributed by atoms with Crippen molar-refractivity contribution in [2.45, 2.75) is 36.8 Å². The molecule has 0 unspecified atom stereocenters. The number of nitrogens with one attached hydrogen (secondary N) is 2. The largest absolute Gasteiger partial charge is 0.482 e. The van der Waals surface area contributed by atoms with E-state index in [0.717, 1.165) is 52.5 Å². The molecule has 0 radical (unpaired) electrons. The third kappa shape index (κ3) is 6.37. The lowest BCUT2D eigenvalue weighted by Gasteiger charge is -2.33. The zero-order valence-corrected chi connectivity index (χ0v) is 23.3. The van der Waals surface area contributed by atoms with Gasteiger partial charge in [0.25, 0.3) is 5.91 Å². The minimum absolute atomic E-state index is 0.0274. The molecule has 0 saturated carbocycles. The average molecular weight is 585 g/mol. The maximum absolute atomic E-state index is 12.8. The molecule has 0 aliphatic carbocycles. The molecule has 8 nitrogen and oxygen atoms in total. The van der Waals surface area contributed by atoms with E-state index in [1.165, 1.54) is 0 Å². The number of thioether (sulfide) groups is 1. The number of amides is 1. The number of carbonyl (C=O) groups is 1. The number of ether oxygens (including phenoxy) is 2. The van der Waals surface area contributed by atoms with Gasteiger partial charge in [-0.3, -0.25) is 4.79 Å². The zero-order valence-electron chi connectivity index (χ0n) is 20.9. The van der Waals surface area contributed by atoms with Gasteiger partial charge >= 0.3 is 0 Å². The van der Waals surface area contributed by atoms with Crippen molar-refractivity contribution in [2.24, 2.45) is 5.92 Å². The van der Waals surface area contributed by atoms with Crippen LogP contribution in [-0.2, 0) is 9.53 Å². The van der Waals surface area contributed by atoms with Crippen molar-refractivity contribution in [3.63, 3.8) is 0 Å². The van der Waals surface area contributed by atoms with Crippen LogP contribution in [0.15, 0.2) is 58.0 Å². The molecule has 37 heavy (non-hydrogen) atoms. The number of hydrogen-bond acceptors (Lipinski definition) is 8. The molecule has 194 valence electrons. The summed E-state index contributed by atoms with van der Waals surface area (Å²) in [5.41, 5.74) is 2.53. The molecule has 3 heterocycles. The molecule has 2 aliphatic heterocycles. The Hall–Kier alpha value is -2.82. The summed E-state index contributed by atoms with van der Waals surface area (Å²) < 4.78 is 12.0. The van der Waals surface area contributed by atoms with Crippen LogP contribution in [0.5, 0.6) is 5.75 Å². The number of aromatic nitrogens is 2. The van der Waals surface area contributed by atoms with E-state index in [4.69, 9.17) is 14.5 Å². The van der Waals surface area contributed by atoms with E-state index in [-0.39, 0.29) is 12.5 Å². The Bertz CT molecular complexity index is 1270. The number of benzene rings is 2. The summed E-state index contributed by atoms with van der Waals surface area (Å²) in [4.78, 5) is 24.9. The van der Waals surface area contributed by atoms with Gasteiger partial charge in [-0.15, -0.1) is 11.8 Å². The standard InChI is InChI=1S/C27H30BrN5O3S/c1-17(2)37-24-6-4-3-5-21(24)31-26-20(28)14-29-27(32-26)30-19-7-8-23-22(13-19)33(25(34)16-36-23)15-18-9-11-35-12-10-18/h3-8,13-14,17-18H,9-12,15-16H2,1-2H3,(H2,29,30,31,32). The van der Waals surface area contributed by atoms with Crippen LogP contribution in [0.25, 0.3) is 0 Å². The van der Waals surface area contributed by atoms with Crippen molar-refractivity contribution in [3.8, 4) is 5.75 Å². The first kappa shape index (κ1) is 25.8. The van der Waals surface area contributed by atoms with Crippen LogP contribution in [0.3, 0.4) is 0 Å². The number of anilines is 5. The van der Waals surface area contributed by atoms with Gasteiger partial charge in [0.05, 0.1) is 15.8 Å². The molecule has 0 spiro atoms. The fraction of sp³-hybridized carbons (Fsp3) is 0.370. The Morgan fingerprint density at radius 1 is 1.16 bits per heavy atom. The van der Waals surface area contributed by atoms with Crippen LogP contribution < -0.4 is 20.3 Å². The molecule has 1 amide bonds. The van der Waals surface area contributed by atoms with Crippen molar-refractivity contribution < 1.29 is 14.3 Å². The first-order valence-electron chi connectivity index (χ1n) is 12.4. The zero-order chi connectivity index (χ0) is 25.8. The smallest absolute Gasteiger partial charge is 0.265 e. The van der Waals surface area contributed by atoms with Gasteiger partial charge in [0.1, 0.15) is 11.6 Å². The van der Waals surface area contributed by atoms with E-state index < -0.39 is 0 Å². The van der Waals surface area contributed by atoms with E-state index >= 15 is 0 Å². The minimum Gasteiger partial charge on any atom is -0.482 e. The van der Waals surface area contributed by atoms with Gasteiger partial charge in [-0.1, -0.05) is 26.0 Å². The van der Waals surface area contributed by atoms with Crippen LogP contribution in [0.2, 0.25) is 0 Å². The maximum atomic E-state index is 12.8. The minimum atomic E-state index is -0.0274. The Labute approximate surface area is 229 Å². The second kappa shape index (κ2) is 11.7. The number of carbonyl (C=O) groups excluding carboxylic acids is 1. The number of rotatable bonds is 8. The summed E-state index contributed by atoms with van der Waals surface area (Å²) >= 11 is 5.36. The molecule has 10 heteroatoms. The maximum Gasteiger partial charge on any atom is 0.265 e. The van der Waals surface area contributed by atoms with Crippen LogP contribution in [-0.4, -0.2) is 47.5 Å². The molecule has 0 atom stereocenters. The quantitative estimate of drug-likeness (QED) is 0.295. The van der Waals surface area contributed by atoms with Gasteiger partial charge in [-0.05, 0) is 65.0 Å². The van der Waals surface area contributed by atoms with Crippen molar-refractivity contribution >= 4 is 62.4 Å². The Balaban J connectivity index is 1.36. The highest BCUT2D eigenvalue weighted by atomic mass is 79.9. The van der Waals surface area contributed by atoms with Crippen molar-refractivity contribution in [3.05, 3.63) is 53.1 Å². The van der Waals surface area contributed by atoms with E-state index in [2.05, 4.69) is 51.5 Å². The highest BCUT2D eigenvalue weighted by Crippen LogP contribution is 2.37. The first-order chi connectivity index (χ1) is 18.0. The van der Waals surface area contributed by atoms with E-state index in [0.29, 0.717) is 35.2 Å². The summed E-state index contributed by atoms with van der Waals surface area (Å²) in [5, 5.41) is 7.19. The van der Waals surface area contributed by atoms with Crippen molar-refractivity contribution in [1.29, 1.82) is 0 Å². The molecule has 2 N–H and O–H groups in total. The molecule has 1 fully saturated rings. The van der Waals surface area contributed by atoms with Crippen LogP contribution in [0.1, 0.15) is 26.7 Å². The number of hydrogen-bond donors (Lipinski definition) is 2. The first-order valence-corrected chi connectivity index (χ1v) is 14.1. The summed E-state index contributed by atoms with van der Waals surface area (Å²) in [6.45, 7) is 6.56. The lowest BCUT2D eigenvalue weighted by molar-refractivity contribution is -0.121. The van der Waals surface area contributed by atoms with Gasteiger partial charge in [0, 0.05) is 41.8 Å². The van der Waals surface area contributed by atoms with Gasteiger partial charge in [0.15, 0.2) is 6.61 Å². The lowest BCUT2D eigenvalue weighted by Crippen LogP contribution is -2.42. The molecule has 0 bridgehead atoms. The third-order valence-corrected chi connectivity index (χ3v) is 7.85. The lowest BCUT2D eigenvalue weighted by atomic mass is 9.99. The molecule has 2 aliphatic rings. The summed E-state index contributed by atoms with van der Waals surface area (Å²) in [6, 6.07) is 13.9. The highest BCUT2D eigenvalue weighted by Gasteiger charge is 2.29. The number of halogens is 1. The highest BCUT2D eigenvalue weighted by molar-refractivity contribution is 9.10. The predicted molar refractivity (Wildman–Crippen MR) is 152 cm³/mol. The van der Waals surface area contributed by atoms with Gasteiger partial charge in [-0.25, -0.2) is 4.98 Å². The molecular weight excluding hydrogens is 554 g/mol. The second-order valence-electron chi connectivity index (χ2n) is 9.33. The van der Waals surface area contributed by atoms with Gasteiger partial charge in [-0.2, -0.15) is 4.98 Å². The summed E-state index contributed by atoms with van der Waals surface area (Å²) in [6.07, 6.45) is 3.64. The van der Waals surface area contributed by atoms with Crippen LogP contribution in [0.4, 0.5) is 28.8 Å². The molecule has 1 saturated heterocycles. The van der Waals surface area contributed by atoms with Crippen molar-refractivity contribution in [2.75, 3.05) is 41.9 Å². The molecule has 3 aromatic rings. The van der Waals surface area contributed by atoms with E-state index in [1.807, 2.05) is 41.3 Å². The normalized spacial score (nSPS) is 15.9. The molecule has 2 aromatic carbocycles. The Morgan fingerprint density at radius 3 is 2.78 bits per heavy atom. The van der Waals surface area contributed by atoms with Crippen molar-refractivity contribution in [1.82, 2.24) is 9.97 Å². The van der Waals surface area contributed by atoms with Crippen LogP contribution >= 0.6 is 27.7 Å². The number of fused-ring (bicyclic) bond motifs is 1. The third-order valence-electron chi connectivity index (χ3n) is 6.19. The Kier molecular flexibility index (Phi) is 8.17. The fourth-order valence-electron chi connectivity index (χ4n) is 4.37. The molecule has 5 rings (SSSR count). The average Bonchev–Trinajstić information content (AvgIpc) is 2.89. The molecular formula is C27H30BrN5O3S. The van der Waals surface area contributed by atoms with Gasteiger partial charge in [0.2, 0.25) is 5.95 Å². The van der Waals surface area contributed by atoms with Crippen LogP contribution in [0, 0.1) is 5.92 Å². The predicted octanol–water partition coefficient (Wildman–Crippen LogP) is 6.38. The summed E-state index contributed by atoms with van der Waals surface area (Å²) in [7, 11) is 0. The Morgan fingerprint density at radius 2 is 1.97 bits per heavy atom. The number of para-hydroxylation sites is 1. The SMILES string of the molecule is CC(C)Sc1ccccc1Nc1nc(Nc2ccc3c(c2)N(CC2CCOCC2)C(=O)CO3)ncc1Br. The monoisotopic (exact) mass is 583 g/mol. The second-order valence-corrected chi connectivity index (χ2v) is 11.8. The van der Waals surface area contributed by atoms with E-state index in [9.17, 15) is 4.79 Å². The fourth-order valence-corrected chi connectivity index (χ4v) is 5.57. The van der Waals surface area contributed by atoms with E-state index in [1.54, 1.807) is 18.0 Å².